The van der Waals surface area contributed by atoms with Crippen LogP contribution in [0.3, 0.4) is 0 Å². The lowest BCUT2D eigenvalue weighted by Gasteiger charge is -2.29. The highest BCUT2D eigenvalue weighted by atomic mass is 35.5. The Morgan fingerprint density at radius 3 is 2.63 bits per heavy atom. The van der Waals surface area contributed by atoms with Crippen LogP contribution in [0.15, 0.2) is 36.4 Å². The van der Waals surface area contributed by atoms with Gasteiger partial charge in [-0.3, -0.25) is 9.89 Å². The Hall–Kier alpha value is -2.61. The standard InChI is InChI=1S/C22H25ClN4O3/c1-22(2,13-28)24-21(29)20-16-5-3-15(12-18(16)25-26-20)14-4-6-19(17(23)11-14)27-7-9-30-10-8-27/h3-6,11-12,28H,7-10,13H2,1-2H3,(H,24,29)(H,25,26). The fourth-order valence-electron chi connectivity index (χ4n) is 3.53. The second kappa shape index (κ2) is 8.26. The van der Waals surface area contributed by atoms with E-state index in [1.165, 1.54) is 0 Å². The van der Waals surface area contributed by atoms with Crippen molar-refractivity contribution in [2.45, 2.75) is 19.4 Å². The van der Waals surface area contributed by atoms with Crippen molar-refractivity contribution in [1.29, 1.82) is 0 Å². The molecule has 1 fully saturated rings. The number of morpholine rings is 1. The Morgan fingerprint density at radius 2 is 1.93 bits per heavy atom. The van der Waals surface area contributed by atoms with Crippen molar-refractivity contribution < 1.29 is 14.6 Å². The number of carbonyl (C=O) groups is 1. The molecule has 4 rings (SSSR count). The van der Waals surface area contributed by atoms with Crippen molar-refractivity contribution in [2.75, 3.05) is 37.8 Å². The molecular weight excluding hydrogens is 404 g/mol. The van der Waals surface area contributed by atoms with Gasteiger partial charge in [-0.15, -0.1) is 0 Å². The Balaban J connectivity index is 1.60. The summed E-state index contributed by atoms with van der Waals surface area (Å²) in [5.74, 6) is -0.328. The van der Waals surface area contributed by atoms with E-state index in [2.05, 4.69) is 20.4 Å². The number of fused-ring (bicyclic) bond motifs is 1. The van der Waals surface area contributed by atoms with E-state index in [0.717, 1.165) is 40.8 Å². The maximum absolute atomic E-state index is 12.5. The van der Waals surface area contributed by atoms with E-state index in [0.29, 0.717) is 23.9 Å². The topological polar surface area (TPSA) is 90.5 Å². The molecule has 0 spiro atoms. The number of nitrogens with zero attached hydrogens (tertiary/aromatic N) is 2. The monoisotopic (exact) mass is 428 g/mol. The average Bonchev–Trinajstić information content (AvgIpc) is 3.17. The van der Waals surface area contributed by atoms with Gasteiger partial charge >= 0.3 is 0 Å². The number of hydrogen-bond donors (Lipinski definition) is 3. The maximum Gasteiger partial charge on any atom is 0.272 e. The van der Waals surface area contributed by atoms with Gasteiger partial charge in [-0.25, -0.2) is 0 Å². The second-order valence-electron chi connectivity index (χ2n) is 8.09. The van der Waals surface area contributed by atoms with Crippen LogP contribution in [0.5, 0.6) is 0 Å². The maximum atomic E-state index is 12.5. The lowest BCUT2D eigenvalue weighted by atomic mass is 10.0. The van der Waals surface area contributed by atoms with Crippen LogP contribution in [-0.4, -0.2) is 59.7 Å². The van der Waals surface area contributed by atoms with Crippen LogP contribution in [0.25, 0.3) is 22.0 Å². The number of carbonyl (C=O) groups excluding carboxylic acids is 1. The summed E-state index contributed by atoms with van der Waals surface area (Å²) in [5.41, 5.74) is 3.31. The minimum Gasteiger partial charge on any atom is -0.394 e. The summed E-state index contributed by atoms with van der Waals surface area (Å²) in [6.45, 7) is 6.42. The zero-order chi connectivity index (χ0) is 21.3. The van der Waals surface area contributed by atoms with E-state index in [9.17, 15) is 9.90 Å². The number of aromatic amines is 1. The normalized spacial score (nSPS) is 14.9. The van der Waals surface area contributed by atoms with Crippen molar-refractivity contribution in [2.24, 2.45) is 0 Å². The van der Waals surface area contributed by atoms with Crippen LogP contribution in [0.2, 0.25) is 5.02 Å². The molecule has 1 aromatic heterocycles. The van der Waals surface area contributed by atoms with Gasteiger partial charge in [0.1, 0.15) is 0 Å². The molecule has 3 N–H and O–H groups in total. The molecule has 1 saturated heterocycles. The number of benzene rings is 2. The van der Waals surface area contributed by atoms with Gasteiger partial charge < -0.3 is 20.1 Å². The number of amides is 1. The molecule has 2 aromatic carbocycles. The molecule has 3 aromatic rings. The fraction of sp³-hybridized carbons (Fsp3) is 0.364. The van der Waals surface area contributed by atoms with E-state index in [-0.39, 0.29) is 12.5 Å². The van der Waals surface area contributed by atoms with Crippen LogP contribution in [0.1, 0.15) is 24.3 Å². The van der Waals surface area contributed by atoms with Gasteiger partial charge in [0.2, 0.25) is 0 Å². The Morgan fingerprint density at radius 1 is 1.23 bits per heavy atom. The number of hydrogen-bond acceptors (Lipinski definition) is 5. The highest BCUT2D eigenvalue weighted by Gasteiger charge is 2.23. The first kappa shape index (κ1) is 20.7. The van der Waals surface area contributed by atoms with Gasteiger partial charge in [0.25, 0.3) is 5.91 Å². The van der Waals surface area contributed by atoms with Crippen molar-refractivity contribution in [3.05, 3.63) is 47.1 Å². The molecule has 1 aliphatic heterocycles. The zero-order valence-corrected chi connectivity index (χ0v) is 17.8. The molecule has 158 valence electrons. The number of rotatable bonds is 5. The van der Waals surface area contributed by atoms with Gasteiger partial charge in [0, 0.05) is 18.5 Å². The summed E-state index contributed by atoms with van der Waals surface area (Å²) >= 11 is 6.58. The van der Waals surface area contributed by atoms with Crippen molar-refractivity contribution in [3.8, 4) is 11.1 Å². The first-order chi connectivity index (χ1) is 14.4. The first-order valence-corrected chi connectivity index (χ1v) is 10.3. The number of ether oxygens (including phenoxy) is 1. The molecule has 0 radical (unpaired) electrons. The van der Waals surface area contributed by atoms with E-state index < -0.39 is 5.54 Å². The summed E-state index contributed by atoms with van der Waals surface area (Å²) < 4.78 is 5.41. The number of H-pyrrole nitrogens is 1. The van der Waals surface area contributed by atoms with Crippen molar-refractivity contribution in [3.63, 3.8) is 0 Å². The minimum absolute atomic E-state index is 0.160. The lowest BCUT2D eigenvalue weighted by Crippen LogP contribution is -2.46. The van der Waals surface area contributed by atoms with Gasteiger partial charge in [0.15, 0.2) is 5.69 Å². The number of anilines is 1. The summed E-state index contributed by atoms with van der Waals surface area (Å²) in [6.07, 6.45) is 0. The van der Waals surface area contributed by atoms with Crippen molar-refractivity contribution >= 4 is 34.1 Å². The third-order valence-corrected chi connectivity index (χ3v) is 5.56. The van der Waals surface area contributed by atoms with Gasteiger partial charge in [-0.1, -0.05) is 23.7 Å². The molecule has 7 nitrogen and oxygen atoms in total. The predicted molar refractivity (Wildman–Crippen MR) is 118 cm³/mol. The quantitative estimate of drug-likeness (QED) is 0.580. The van der Waals surface area contributed by atoms with Gasteiger partial charge in [0.05, 0.1) is 41.6 Å². The predicted octanol–water partition coefficient (Wildman–Crippen LogP) is 3.22. The van der Waals surface area contributed by atoms with Crippen LogP contribution in [-0.2, 0) is 4.74 Å². The van der Waals surface area contributed by atoms with E-state index >= 15 is 0 Å². The lowest BCUT2D eigenvalue weighted by molar-refractivity contribution is 0.0866. The van der Waals surface area contributed by atoms with Crippen molar-refractivity contribution in [1.82, 2.24) is 15.5 Å². The largest absolute Gasteiger partial charge is 0.394 e. The first-order valence-electron chi connectivity index (χ1n) is 9.92. The van der Waals surface area contributed by atoms with Crippen LogP contribution < -0.4 is 10.2 Å². The molecule has 0 bridgehead atoms. The Bertz CT molecular complexity index is 1070. The summed E-state index contributed by atoms with van der Waals surface area (Å²) in [6, 6.07) is 11.8. The fourth-order valence-corrected chi connectivity index (χ4v) is 3.83. The van der Waals surface area contributed by atoms with E-state index in [1.807, 2.05) is 36.4 Å². The van der Waals surface area contributed by atoms with Crippen LogP contribution >= 0.6 is 11.6 Å². The number of halogens is 1. The number of aromatic nitrogens is 2. The average molecular weight is 429 g/mol. The second-order valence-corrected chi connectivity index (χ2v) is 8.50. The minimum atomic E-state index is -0.721. The molecule has 1 amide bonds. The SMILES string of the molecule is CC(C)(CO)NC(=O)c1n[nH]c2cc(-c3ccc(N4CCOCC4)c(Cl)c3)ccc12. The smallest absolute Gasteiger partial charge is 0.272 e. The Kier molecular flexibility index (Phi) is 5.69. The van der Waals surface area contributed by atoms with E-state index in [4.69, 9.17) is 16.3 Å². The molecule has 0 saturated carbocycles. The summed E-state index contributed by atoms with van der Waals surface area (Å²) in [7, 11) is 0. The zero-order valence-electron chi connectivity index (χ0n) is 17.0. The highest BCUT2D eigenvalue weighted by molar-refractivity contribution is 6.33. The Labute approximate surface area is 180 Å². The van der Waals surface area contributed by atoms with Gasteiger partial charge in [-0.2, -0.15) is 5.10 Å². The molecule has 8 heteroatoms. The highest BCUT2D eigenvalue weighted by Crippen LogP contribution is 2.33. The van der Waals surface area contributed by atoms with Crippen LogP contribution in [0, 0.1) is 0 Å². The third kappa shape index (κ3) is 4.14. The number of aliphatic hydroxyl groups is 1. The summed E-state index contributed by atoms with van der Waals surface area (Å²) in [5, 5.41) is 20.7. The molecule has 1 aliphatic rings. The summed E-state index contributed by atoms with van der Waals surface area (Å²) in [4.78, 5) is 14.8. The molecule has 30 heavy (non-hydrogen) atoms. The third-order valence-electron chi connectivity index (χ3n) is 5.26. The van der Waals surface area contributed by atoms with E-state index in [1.54, 1.807) is 13.8 Å². The molecule has 2 heterocycles. The molecule has 0 aliphatic carbocycles. The number of nitrogens with one attached hydrogen (secondary N) is 2. The van der Waals surface area contributed by atoms with Gasteiger partial charge in [-0.05, 0) is 49.2 Å². The molecule has 0 unspecified atom stereocenters. The molecular formula is C22H25ClN4O3. The molecule has 0 atom stereocenters. The van der Waals surface area contributed by atoms with Crippen LogP contribution in [0.4, 0.5) is 5.69 Å². The number of aliphatic hydroxyl groups excluding tert-OH is 1.